The summed E-state index contributed by atoms with van der Waals surface area (Å²) in [5.74, 6) is 3.08. The SMILES string of the molecule is CCSCCCNc1ccc(OC)nc1C. The van der Waals surface area contributed by atoms with Gasteiger partial charge in [-0.15, -0.1) is 0 Å². The van der Waals surface area contributed by atoms with Crippen LogP contribution in [0.3, 0.4) is 0 Å². The summed E-state index contributed by atoms with van der Waals surface area (Å²) in [6.07, 6.45) is 1.18. The highest BCUT2D eigenvalue weighted by Gasteiger charge is 2.00. The summed E-state index contributed by atoms with van der Waals surface area (Å²) in [5.41, 5.74) is 2.09. The number of aromatic nitrogens is 1. The molecule has 0 aliphatic heterocycles. The lowest BCUT2D eigenvalue weighted by molar-refractivity contribution is 0.397. The molecule has 0 unspecified atom stereocenters. The van der Waals surface area contributed by atoms with Crippen molar-refractivity contribution < 1.29 is 4.74 Å². The standard InChI is InChI=1S/C12H20N2OS/c1-4-16-9-5-8-13-11-6-7-12(15-3)14-10(11)2/h6-7,13H,4-5,8-9H2,1-3H3. The van der Waals surface area contributed by atoms with E-state index in [1.54, 1.807) is 7.11 Å². The first-order valence-corrected chi connectivity index (χ1v) is 6.76. The van der Waals surface area contributed by atoms with E-state index in [-0.39, 0.29) is 0 Å². The molecule has 0 spiro atoms. The van der Waals surface area contributed by atoms with E-state index >= 15 is 0 Å². The monoisotopic (exact) mass is 240 g/mol. The summed E-state index contributed by atoms with van der Waals surface area (Å²) < 4.78 is 5.07. The molecule has 1 heterocycles. The van der Waals surface area contributed by atoms with E-state index in [1.807, 2.05) is 30.8 Å². The van der Waals surface area contributed by atoms with E-state index in [9.17, 15) is 0 Å². The lowest BCUT2D eigenvalue weighted by atomic mass is 10.3. The van der Waals surface area contributed by atoms with Crippen molar-refractivity contribution in [2.45, 2.75) is 20.3 Å². The largest absolute Gasteiger partial charge is 0.481 e. The second-order valence-corrected chi connectivity index (χ2v) is 4.86. The average molecular weight is 240 g/mol. The number of methoxy groups -OCH3 is 1. The van der Waals surface area contributed by atoms with Crippen molar-refractivity contribution in [3.63, 3.8) is 0 Å². The fourth-order valence-corrected chi connectivity index (χ4v) is 2.02. The predicted octanol–water partition coefficient (Wildman–Crippen LogP) is 2.95. The van der Waals surface area contributed by atoms with Crippen molar-refractivity contribution in [3.05, 3.63) is 17.8 Å². The molecule has 1 aromatic heterocycles. The van der Waals surface area contributed by atoms with Crippen molar-refractivity contribution in [1.29, 1.82) is 0 Å². The highest BCUT2D eigenvalue weighted by atomic mass is 32.2. The molecule has 0 saturated carbocycles. The molecular weight excluding hydrogens is 220 g/mol. The summed E-state index contributed by atoms with van der Waals surface area (Å²) >= 11 is 1.98. The molecule has 0 atom stereocenters. The molecule has 0 fully saturated rings. The van der Waals surface area contributed by atoms with Crippen molar-refractivity contribution in [2.75, 3.05) is 30.5 Å². The number of rotatable bonds is 7. The van der Waals surface area contributed by atoms with Gasteiger partial charge in [-0.05, 0) is 30.9 Å². The molecule has 3 nitrogen and oxygen atoms in total. The second-order valence-electron chi connectivity index (χ2n) is 3.46. The highest BCUT2D eigenvalue weighted by Crippen LogP contribution is 2.16. The Morgan fingerprint density at radius 1 is 1.44 bits per heavy atom. The zero-order valence-electron chi connectivity index (χ0n) is 10.2. The molecule has 0 aromatic carbocycles. The van der Waals surface area contributed by atoms with E-state index in [4.69, 9.17) is 4.74 Å². The first kappa shape index (κ1) is 13.2. The molecule has 0 bridgehead atoms. The van der Waals surface area contributed by atoms with Crippen LogP contribution in [-0.2, 0) is 0 Å². The second kappa shape index (κ2) is 7.39. The normalized spacial score (nSPS) is 10.2. The molecule has 0 amide bonds. The molecule has 90 valence electrons. The Kier molecular flexibility index (Phi) is 6.08. The fraction of sp³-hybridized carbons (Fsp3) is 0.583. The Labute approximate surface area is 102 Å². The number of hydrogen-bond acceptors (Lipinski definition) is 4. The molecule has 1 aromatic rings. The van der Waals surface area contributed by atoms with E-state index in [1.165, 1.54) is 17.9 Å². The van der Waals surface area contributed by atoms with Gasteiger partial charge >= 0.3 is 0 Å². The molecule has 0 aliphatic rings. The van der Waals surface area contributed by atoms with Crippen LogP contribution in [0.25, 0.3) is 0 Å². The molecule has 16 heavy (non-hydrogen) atoms. The van der Waals surface area contributed by atoms with Gasteiger partial charge in [0, 0.05) is 12.6 Å². The smallest absolute Gasteiger partial charge is 0.213 e. The maximum Gasteiger partial charge on any atom is 0.213 e. The van der Waals surface area contributed by atoms with Gasteiger partial charge in [0.1, 0.15) is 0 Å². The van der Waals surface area contributed by atoms with Crippen LogP contribution in [0.2, 0.25) is 0 Å². The van der Waals surface area contributed by atoms with Crippen molar-refractivity contribution in [3.8, 4) is 5.88 Å². The number of anilines is 1. The molecule has 0 radical (unpaired) electrons. The van der Waals surface area contributed by atoms with Gasteiger partial charge in [0.25, 0.3) is 0 Å². The number of ether oxygens (including phenoxy) is 1. The Morgan fingerprint density at radius 3 is 2.88 bits per heavy atom. The van der Waals surface area contributed by atoms with Crippen LogP contribution in [0.1, 0.15) is 19.0 Å². The third-order valence-corrected chi connectivity index (χ3v) is 3.24. The summed E-state index contributed by atoms with van der Waals surface area (Å²) in [6, 6.07) is 3.91. The van der Waals surface area contributed by atoms with Crippen LogP contribution in [0.4, 0.5) is 5.69 Å². The van der Waals surface area contributed by atoms with E-state index < -0.39 is 0 Å². The predicted molar refractivity (Wildman–Crippen MR) is 71.6 cm³/mol. The van der Waals surface area contributed by atoms with E-state index in [0.717, 1.165) is 17.9 Å². The fourth-order valence-electron chi connectivity index (χ4n) is 1.38. The van der Waals surface area contributed by atoms with Crippen LogP contribution < -0.4 is 10.1 Å². The van der Waals surface area contributed by atoms with Gasteiger partial charge in [-0.1, -0.05) is 6.92 Å². The van der Waals surface area contributed by atoms with Crippen molar-refractivity contribution >= 4 is 17.4 Å². The van der Waals surface area contributed by atoms with Gasteiger partial charge < -0.3 is 10.1 Å². The minimum atomic E-state index is 0.671. The molecule has 1 rings (SSSR count). The van der Waals surface area contributed by atoms with Gasteiger partial charge in [-0.3, -0.25) is 0 Å². The topological polar surface area (TPSA) is 34.1 Å². The zero-order chi connectivity index (χ0) is 11.8. The summed E-state index contributed by atoms with van der Waals surface area (Å²) in [5, 5.41) is 3.39. The van der Waals surface area contributed by atoms with Crippen LogP contribution in [-0.4, -0.2) is 30.1 Å². The minimum Gasteiger partial charge on any atom is -0.481 e. The van der Waals surface area contributed by atoms with Gasteiger partial charge in [-0.25, -0.2) is 4.98 Å². The maximum absolute atomic E-state index is 5.07. The molecule has 0 aliphatic carbocycles. The first-order valence-electron chi connectivity index (χ1n) is 5.61. The Balaban J connectivity index is 2.36. The molecule has 0 saturated heterocycles. The van der Waals surface area contributed by atoms with Gasteiger partial charge in [0.05, 0.1) is 18.5 Å². The van der Waals surface area contributed by atoms with Gasteiger partial charge in [-0.2, -0.15) is 11.8 Å². The Morgan fingerprint density at radius 2 is 2.25 bits per heavy atom. The van der Waals surface area contributed by atoms with E-state index in [0.29, 0.717) is 5.88 Å². The molecular formula is C12H20N2OS. The van der Waals surface area contributed by atoms with Crippen molar-refractivity contribution in [1.82, 2.24) is 4.98 Å². The summed E-state index contributed by atoms with van der Waals surface area (Å²) in [6.45, 7) is 5.18. The lowest BCUT2D eigenvalue weighted by Crippen LogP contribution is -2.05. The van der Waals surface area contributed by atoms with Gasteiger partial charge in [0.15, 0.2) is 0 Å². The number of thioether (sulfide) groups is 1. The van der Waals surface area contributed by atoms with Crippen molar-refractivity contribution in [2.24, 2.45) is 0 Å². The van der Waals surface area contributed by atoms with Crippen LogP contribution in [0.5, 0.6) is 5.88 Å². The number of pyridine rings is 1. The summed E-state index contributed by atoms with van der Waals surface area (Å²) in [7, 11) is 1.64. The molecule has 1 N–H and O–H groups in total. The number of nitrogens with zero attached hydrogens (tertiary/aromatic N) is 1. The zero-order valence-corrected chi connectivity index (χ0v) is 11.1. The number of aryl methyl sites for hydroxylation is 1. The number of hydrogen-bond donors (Lipinski definition) is 1. The third-order valence-electron chi connectivity index (χ3n) is 2.25. The van der Waals surface area contributed by atoms with Crippen LogP contribution >= 0.6 is 11.8 Å². The van der Waals surface area contributed by atoms with E-state index in [2.05, 4.69) is 17.2 Å². The third kappa shape index (κ3) is 4.31. The van der Waals surface area contributed by atoms with Crippen LogP contribution in [0, 0.1) is 6.92 Å². The molecule has 4 heteroatoms. The minimum absolute atomic E-state index is 0.671. The average Bonchev–Trinajstić information content (AvgIpc) is 2.30. The Hall–Kier alpha value is -0.900. The van der Waals surface area contributed by atoms with Gasteiger partial charge in [0.2, 0.25) is 5.88 Å². The first-order chi connectivity index (χ1) is 7.77. The highest BCUT2D eigenvalue weighted by molar-refractivity contribution is 7.99. The Bertz CT molecular complexity index is 318. The summed E-state index contributed by atoms with van der Waals surface area (Å²) in [4.78, 5) is 4.32. The number of nitrogens with one attached hydrogen (secondary N) is 1. The lowest BCUT2D eigenvalue weighted by Gasteiger charge is -2.09. The quantitative estimate of drug-likeness (QED) is 0.743. The van der Waals surface area contributed by atoms with Crippen LogP contribution in [0.15, 0.2) is 12.1 Å². The maximum atomic E-state index is 5.07.